The van der Waals surface area contributed by atoms with Crippen molar-refractivity contribution in [3.8, 4) is 17.4 Å². The van der Waals surface area contributed by atoms with Crippen LogP contribution in [0.5, 0.6) is 11.8 Å². The molecule has 184 valence electrons. The molecule has 0 spiro atoms. The van der Waals surface area contributed by atoms with Crippen LogP contribution >= 0.6 is 11.6 Å². The Kier molecular flexibility index (Phi) is 8.09. The third-order valence-corrected chi connectivity index (χ3v) is 6.48. The third-order valence-electron chi connectivity index (χ3n) is 4.59. The van der Waals surface area contributed by atoms with E-state index in [1.54, 1.807) is 0 Å². The van der Waals surface area contributed by atoms with Gasteiger partial charge in [0.15, 0.2) is 5.69 Å². The van der Waals surface area contributed by atoms with Gasteiger partial charge >= 0.3 is 0 Å². The minimum absolute atomic E-state index is 0.00647. The lowest BCUT2D eigenvalue weighted by Gasteiger charge is -2.17. The van der Waals surface area contributed by atoms with Gasteiger partial charge in [-0.15, -0.1) is 10.2 Å². The maximum atomic E-state index is 13.1. The second-order valence-corrected chi connectivity index (χ2v) is 9.46. The average molecular weight is 519 g/mol. The van der Waals surface area contributed by atoms with Crippen molar-refractivity contribution in [3.63, 3.8) is 0 Å². The van der Waals surface area contributed by atoms with Crippen molar-refractivity contribution in [1.29, 1.82) is 0 Å². The molecular formula is C18H21ClF2N8O4S. The highest BCUT2D eigenvalue weighted by molar-refractivity contribution is 7.93. The van der Waals surface area contributed by atoms with E-state index in [1.807, 2.05) is 0 Å². The maximum Gasteiger partial charge on any atom is 0.245 e. The van der Waals surface area contributed by atoms with E-state index >= 15 is 0 Å². The molecule has 0 fully saturated rings. The number of nitrogens with one attached hydrogen (secondary N) is 1. The lowest BCUT2D eigenvalue weighted by molar-refractivity contribution is 0.137. The normalized spacial score (nSPS) is 12.6. The first-order valence-electron chi connectivity index (χ1n) is 9.80. The Hall–Kier alpha value is -3.20. The maximum absolute atomic E-state index is 13.1. The van der Waals surface area contributed by atoms with Crippen molar-refractivity contribution in [1.82, 2.24) is 34.7 Å². The second-order valence-electron chi connectivity index (χ2n) is 6.93. The summed E-state index contributed by atoms with van der Waals surface area (Å²) in [6.07, 6.45) is 0.491. The molecule has 34 heavy (non-hydrogen) atoms. The molecular weight excluding hydrogens is 498 g/mol. The Morgan fingerprint density at radius 1 is 1.09 bits per heavy atom. The van der Waals surface area contributed by atoms with Crippen LogP contribution in [0.25, 0.3) is 5.69 Å². The van der Waals surface area contributed by atoms with Gasteiger partial charge in [0.05, 0.1) is 24.5 Å². The van der Waals surface area contributed by atoms with Crippen molar-refractivity contribution in [2.75, 3.05) is 18.9 Å². The van der Waals surface area contributed by atoms with Crippen LogP contribution in [0, 0.1) is 0 Å². The van der Waals surface area contributed by atoms with Crippen molar-refractivity contribution in [2.45, 2.75) is 37.9 Å². The van der Waals surface area contributed by atoms with Gasteiger partial charge in [0, 0.05) is 31.7 Å². The Balaban J connectivity index is 2.01. The fourth-order valence-corrected chi connectivity index (χ4v) is 3.95. The number of hydrogen-bond acceptors (Lipinski definition) is 10. The summed E-state index contributed by atoms with van der Waals surface area (Å²) in [5.41, 5.74) is 0.0492. The number of nitrogens with zero attached hydrogens (tertiary/aromatic N) is 7. The number of aromatic nitrogens is 7. The summed E-state index contributed by atoms with van der Waals surface area (Å²) in [7, 11) is -1.41. The zero-order valence-electron chi connectivity index (χ0n) is 18.3. The molecule has 3 aromatic heterocycles. The van der Waals surface area contributed by atoms with Crippen LogP contribution in [-0.4, -0.2) is 69.0 Å². The second kappa shape index (κ2) is 10.8. The molecule has 16 heteroatoms. The molecule has 0 saturated heterocycles. The zero-order chi connectivity index (χ0) is 24.9. The quantitative estimate of drug-likeness (QED) is 0.400. The summed E-state index contributed by atoms with van der Waals surface area (Å²) in [5.74, 6) is -0.000180. The molecule has 0 saturated carbocycles. The van der Waals surface area contributed by atoms with Gasteiger partial charge in [-0.2, -0.15) is 9.97 Å². The Morgan fingerprint density at radius 2 is 1.71 bits per heavy atom. The number of halogens is 3. The summed E-state index contributed by atoms with van der Waals surface area (Å²) >= 11 is 5.77. The van der Waals surface area contributed by atoms with Gasteiger partial charge < -0.3 is 9.47 Å². The summed E-state index contributed by atoms with van der Waals surface area (Å²) in [6, 6.07) is 0. The molecule has 0 aliphatic heterocycles. The number of methoxy groups -OCH3 is 2. The number of aryl methyl sites for hydroxylation is 1. The summed E-state index contributed by atoms with van der Waals surface area (Å²) in [5, 5.41) is 7.08. The minimum atomic E-state index is -4.07. The van der Waals surface area contributed by atoms with Crippen molar-refractivity contribution in [3.05, 3.63) is 35.4 Å². The minimum Gasteiger partial charge on any atom is -0.479 e. The number of ether oxygens (including phenoxy) is 2. The number of anilines is 1. The van der Waals surface area contributed by atoms with Gasteiger partial charge in [0.25, 0.3) is 0 Å². The molecule has 0 unspecified atom stereocenters. The van der Waals surface area contributed by atoms with Crippen LogP contribution in [0.2, 0.25) is 5.02 Å². The molecule has 0 aromatic carbocycles. The predicted molar refractivity (Wildman–Crippen MR) is 117 cm³/mol. The molecule has 3 heterocycles. The van der Waals surface area contributed by atoms with Gasteiger partial charge in [-0.3, -0.25) is 9.29 Å². The van der Waals surface area contributed by atoms with E-state index < -0.39 is 28.1 Å². The topological polar surface area (TPSA) is 147 Å². The molecule has 0 bridgehead atoms. The largest absolute Gasteiger partial charge is 0.479 e. The van der Waals surface area contributed by atoms with Gasteiger partial charge in [0.1, 0.15) is 18.0 Å². The first kappa shape index (κ1) is 25.4. The summed E-state index contributed by atoms with van der Waals surface area (Å²) in [6.45, 7) is 1.45. The Morgan fingerprint density at radius 3 is 2.26 bits per heavy atom. The highest BCUT2D eigenvalue weighted by Gasteiger charge is 2.29. The van der Waals surface area contributed by atoms with Gasteiger partial charge in [-0.05, 0) is 6.92 Å². The first-order chi connectivity index (χ1) is 16.2. The number of rotatable bonds is 11. The summed E-state index contributed by atoms with van der Waals surface area (Å²) < 4.78 is 65.9. The van der Waals surface area contributed by atoms with Gasteiger partial charge in [0.2, 0.25) is 34.2 Å². The molecule has 0 amide bonds. The van der Waals surface area contributed by atoms with Crippen molar-refractivity contribution >= 4 is 27.6 Å². The van der Waals surface area contributed by atoms with Crippen LogP contribution in [0.4, 0.5) is 14.7 Å². The number of hydrogen-bond donors (Lipinski definition) is 1. The number of sulfonamides is 1. The van der Waals surface area contributed by atoms with Crippen molar-refractivity contribution in [2.24, 2.45) is 0 Å². The fourth-order valence-electron chi connectivity index (χ4n) is 2.89. The van der Waals surface area contributed by atoms with E-state index in [9.17, 15) is 17.2 Å². The Labute approximate surface area is 198 Å². The van der Waals surface area contributed by atoms with E-state index in [1.165, 1.54) is 44.4 Å². The van der Waals surface area contributed by atoms with E-state index in [0.717, 1.165) is 0 Å². The lowest BCUT2D eigenvalue weighted by atomic mass is 10.3. The molecule has 3 aromatic rings. The molecule has 0 aliphatic carbocycles. The van der Waals surface area contributed by atoms with Crippen LogP contribution in [0.3, 0.4) is 0 Å². The van der Waals surface area contributed by atoms with E-state index in [4.69, 9.17) is 21.1 Å². The summed E-state index contributed by atoms with van der Waals surface area (Å²) in [4.78, 5) is 16.0. The average Bonchev–Trinajstić information content (AvgIpc) is 3.19. The van der Waals surface area contributed by atoms with E-state index in [2.05, 4.69) is 34.9 Å². The highest BCUT2D eigenvalue weighted by Crippen LogP contribution is 2.32. The van der Waals surface area contributed by atoms with Crippen LogP contribution in [0.15, 0.2) is 18.7 Å². The van der Waals surface area contributed by atoms with Crippen LogP contribution in [0.1, 0.15) is 25.0 Å². The van der Waals surface area contributed by atoms with Crippen LogP contribution < -0.4 is 14.2 Å². The van der Waals surface area contributed by atoms with E-state index in [0.29, 0.717) is 5.02 Å². The van der Waals surface area contributed by atoms with Crippen molar-refractivity contribution < 1.29 is 26.7 Å². The SMILES string of the molecule is COc1ncnc(OC)c1-n1c(CCC(F)F)nnc1NS(=O)(=O)[C@@H](C)Cc1ncc(Cl)cn1. The van der Waals surface area contributed by atoms with Gasteiger partial charge in [-0.1, -0.05) is 11.6 Å². The highest BCUT2D eigenvalue weighted by atomic mass is 35.5. The van der Waals surface area contributed by atoms with Gasteiger partial charge in [-0.25, -0.2) is 27.2 Å². The molecule has 1 atom stereocenters. The molecule has 1 N–H and O–H groups in total. The molecule has 0 radical (unpaired) electrons. The lowest BCUT2D eigenvalue weighted by Crippen LogP contribution is -2.29. The third kappa shape index (κ3) is 5.83. The Bertz CT molecular complexity index is 1200. The predicted octanol–water partition coefficient (Wildman–Crippen LogP) is 2.09. The monoisotopic (exact) mass is 518 g/mol. The van der Waals surface area contributed by atoms with Crippen LogP contribution in [-0.2, 0) is 22.9 Å². The molecule has 12 nitrogen and oxygen atoms in total. The zero-order valence-corrected chi connectivity index (χ0v) is 19.9. The fraction of sp³-hybridized carbons (Fsp3) is 0.444. The number of alkyl halides is 2. The molecule has 0 aliphatic rings. The standard InChI is InChI=1S/C18H21ClF2N8O4S/c1-10(6-13-22-7-11(19)8-23-13)34(30,31)28-18-27-26-14(5-4-12(20)21)29(18)15-16(32-2)24-9-25-17(15)33-3/h7-10,12H,4-6H2,1-3H3,(H,27,28)/t10-/m0/s1. The first-order valence-corrected chi connectivity index (χ1v) is 11.7. The molecule has 3 rings (SSSR count). The smallest absolute Gasteiger partial charge is 0.245 e. The van der Waals surface area contributed by atoms with E-state index in [-0.39, 0.29) is 47.9 Å².